The van der Waals surface area contributed by atoms with Crippen LogP contribution in [-0.4, -0.2) is 11.9 Å². The Morgan fingerprint density at radius 3 is 2.60 bits per heavy atom. The van der Waals surface area contributed by atoms with Crippen molar-refractivity contribution in [3.8, 4) is 0 Å². The molecule has 80 valence electrons. The predicted octanol–water partition coefficient (Wildman–Crippen LogP) is 1.12. The van der Waals surface area contributed by atoms with E-state index >= 15 is 0 Å². The molecule has 0 unspecified atom stereocenters. The van der Waals surface area contributed by atoms with Crippen molar-refractivity contribution >= 4 is 23.3 Å². The van der Waals surface area contributed by atoms with Gasteiger partial charge in [0.1, 0.15) is 11.4 Å². The van der Waals surface area contributed by atoms with Gasteiger partial charge >= 0.3 is 6.09 Å². The first kappa shape index (κ1) is 9.97. The van der Waals surface area contributed by atoms with Crippen LogP contribution in [0.1, 0.15) is 23.3 Å². The van der Waals surface area contributed by atoms with Crippen molar-refractivity contribution in [3.05, 3.63) is 21.9 Å². The molecule has 0 spiro atoms. The molecule has 15 heavy (non-hydrogen) atoms. The standard InChI is InChI=1S/C9H11N3O2S/c10-7(11)5-3-6(15-4-5)9(1-2-9)14-8(12)13/h3-4H,1-2H2,(H3,10,11)(H2,12,13). The molecule has 2 rings (SSSR count). The molecule has 0 saturated heterocycles. The van der Waals surface area contributed by atoms with E-state index in [1.165, 1.54) is 11.3 Å². The predicted molar refractivity (Wildman–Crippen MR) is 56.9 cm³/mol. The summed E-state index contributed by atoms with van der Waals surface area (Å²) in [4.78, 5) is 11.6. The lowest BCUT2D eigenvalue weighted by atomic mass is 10.2. The molecule has 0 radical (unpaired) electrons. The minimum Gasteiger partial charge on any atom is -0.437 e. The Kier molecular flexibility index (Phi) is 2.15. The number of amidine groups is 1. The number of nitrogens with one attached hydrogen (secondary N) is 1. The van der Waals surface area contributed by atoms with E-state index < -0.39 is 11.7 Å². The zero-order chi connectivity index (χ0) is 11.1. The Hall–Kier alpha value is -1.56. The molecular formula is C9H11N3O2S. The molecule has 1 aliphatic carbocycles. The minimum atomic E-state index is -0.759. The third kappa shape index (κ3) is 1.80. The van der Waals surface area contributed by atoms with Crippen LogP contribution >= 0.6 is 11.3 Å². The monoisotopic (exact) mass is 225 g/mol. The van der Waals surface area contributed by atoms with Gasteiger partial charge in [-0.25, -0.2) is 4.79 Å². The summed E-state index contributed by atoms with van der Waals surface area (Å²) < 4.78 is 5.07. The highest BCUT2D eigenvalue weighted by molar-refractivity contribution is 7.10. The van der Waals surface area contributed by atoms with Crippen molar-refractivity contribution in [3.63, 3.8) is 0 Å². The smallest absolute Gasteiger partial charge is 0.405 e. The SMILES string of the molecule is N=C(N)c1csc(C2(OC(N)=O)CC2)c1. The third-order valence-corrected chi connectivity index (χ3v) is 3.48. The molecule has 0 aromatic carbocycles. The van der Waals surface area contributed by atoms with E-state index in [-0.39, 0.29) is 5.84 Å². The topological polar surface area (TPSA) is 102 Å². The van der Waals surface area contributed by atoms with Crippen LogP contribution in [0.25, 0.3) is 0 Å². The maximum atomic E-state index is 10.7. The number of hydrogen-bond acceptors (Lipinski definition) is 4. The molecule has 1 fully saturated rings. The van der Waals surface area contributed by atoms with Crippen LogP contribution in [0.2, 0.25) is 0 Å². The fourth-order valence-electron chi connectivity index (χ4n) is 1.42. The van der Waals surface area contributed by atoms with E-state index in [1.54, 1.807) is 11.4 Å². The molecule has 5 N–H and O–H groups in total. The molecule has 0 atom stereocenters. The summed E-state index contributed by atoms with van der Waals surface area (Å²) in [7, 11) is 0. The number of hydrogen-bond donors (Lipinski definition) is 3. The Bertz CT molecular complexity index is 423. The highest BCUT2D eigenvalue weighted by atomic mass is 32.1. The van der Waals surface area contributed by atoms with Crippen molar-refractivity contribution in [2.75, 3.05) is 0 Å². The van der Waals surface area contributed by atoms with E-state index in [4.69, 9.17) is 21.6 Å². The van der Waals surface area contributed by atoms with Crippen molar-refractivity contribution in [1.82, 2.24) is 0 Å². The molecular weight excluding hydrogens is 214 g/mol. The Labute approximate surface area is 90.5 Å². The first-order valence-electron chi connectivity index (χ1n) is 4.45. The quantitative estimate of drug-likeness (QED) is 0.530. The number of carbonyl (C=O) groups is 1. The van der Waals surface area contributed by atoms with Crippen LogP contribution in [-0.2, 0) is 10.3 Å². The van der Waals surface area contributed by atoms with Gasteiger partial charge in [-0.3, -0.25) is 5.41 Å². The van der Waals surface area contributed by atoms with Gasteiger partial charge in [-0.05, 0) is 18.9 Å². The molecule has 0 aliphatic heterocycles. The summed E-state index contributed by atoms with van der Waals surface area (Å²) in [6, 6.07) is 1.78. The molecule has 1 aromatic rings. The van der Waals surface area contributed by atoms with Gasteiger partial charge in [0.2, 0.25) is 0 Å². The normalized spacial score (nSPS) is 17.1. The van der Waals surface area contributed by atoms with E-state index in [9.17, 15) is 4.79 Å². The summed E-state index contributed by atoms with van der Waals surface area (Å²) in [5.74, 6) is 0.0207. The van der Waals surface area contributed by atoms with Gasteiger partial charge < -0.3 is 16.2 Å². The molecule has 5 nitrogen and oxygen atoms in total. The molecule has 0 bridgehead atoms. The number of nitrogen functional groups attached to an aromatic ring is 1. The van der Waals surface area contributed by atoms with Gasteiger partial charge in [-0.2, -0.15) is 0 Å². The molecule has 1 aliphatic rings. The van der Waals surface area contributed by atoms with Crippen LogP contribution in [0.4, 0.5) is 4.79 Å². The van der Waals surface area contributed by atoms with Gasteiger partial charge in [0, 0.05) is 15.8 Å². The van der Waals surface area contributed by atoms with Crippen LogP contribution in [0.3, 0.4) is 0 Å². The van der Waals surface area contributed by atoms with Crippen LogP contribution in [0.5, 0.6) is 0 Å². The largest absolute Gasteiger partial charge is 0.437 e. The lowest BCUT2D eigenvalue weighted by molar-refractivity contribution is 0.0922. The Morgan fingerprint density at radius 2 is 2.20 bits per heavy atom. The second kappa shape index (κ2) is 3.23. The summed E-state index contributed by atoms with van der Waals surface area (Å²) in [6.07, 6.45) is 0.812. The second-order valence-electron chi connectivity index (χ2n) is 3.53. The molecule has 1 aromatic heterocycles. The van der Waals surface area contributed by atoms with E-state index in [0.717, 1.165) is 17.7 Å². The lowest BCUT2D eigenvalue weighted by Crippen LogP contribution is -2.21. The molecule has 1 amide bonds. The number of amides is 1. The second-order valence-corrected chi connectivity index (χ2v) is 4.44. The highest BCUT2D eigenvalue weighted by Gasteiger charge is 2.49. The summed E-state index contributed by atoms with van der Waals surface area (Å²) in [5.41, 5.74) is 10.5. The van der Waals surface area contributed by atoms with Crippen LogP contribution in [0, 0.1) is 5.41 Å². The Balaban J connectivity index is 2.22. The number of primary amides is 1. The molecule has 1 heterocycles. The zero-order valence-electron chi connectivity index (χ0n) is 7.95. The number of nitrogens with two attached hydrogens (primary N) is 2. The van der Waals surface area contributed by atoms with Crippen molar-refractivity contribution < 1.29 is 9.53 Å². The number of ether oxygens (including phenoxy) is 1. The molecule has 6 heteroatoms. The molecule has 1 saturated carbocycles. The summed E-state index contributed by atoms with van der Waals surface area (Å²) >= 11 is 1.44. The maximum absolute atomic E-state index is 10.7. The Morgan fingerprint density at radius 1 is 1.53 bits per heavy atom. The average Bonchev–Trinajstić information content (AvgIpc) is 2.75. The first-order chi connectivity index (χ1) is 7.03. The van der Waals surface area contributed by atoms with Crippen molar-refractivity contribution in [2.45, 2.75) is 18.4 Å². The highest BCUT2D eigenvalue weighted by Crippen LogP contribution is 2.51. The van der Waals surface area contributed by atoms with Crippen LogP contribution < -0.4 is 11.5 Å². The van der Waals surface area contributed by atoms with Crippen molar-refractivity contribution in [2.24, 2.45) is 11.5 Å². The van der Waals surface area contributed by atoms with Gasteiger partial charge in [0.15, 0.2) is 0 Å². The minimum absolute atomic E-state index is 0.0207. The average molecular weight is 225 g/mol. The van der Waals surface area contributed by atoms with Crippen LogP contribution in [0.15, 0.2) is 11.4 Å². The van der Waals surface area contributed by atoms with E-state index in [2.05, 4.69) is 0 Å². The number of carbonyl (C=O) groups excluding carboxylic acids is 1. The lowest BCUT2D eigenvalue weighted by Gasteiger charge is -2.12. The fourth-order valence-corrected chi connectivity index (χ4v) is 2.53. The summed E-state index contributed by atoms with van der Waals surface area (Å²) in [5, 5.41) is 9.05. The zero-order valence-corrected chi connectivity index (χ0v) is 8.76. The van der Waals surface area contributed by atoms with Gasteiger partial charge in [0.25, 0.3) is 0 Å². The fraction of sp³-hybridized carbons (Fsp3) is 0.333. The first-order valence-corrected chi connectivity index (χ1v) is 5.33. The summed E-state index contributed by atoms with van der Waals surface area (Å²) in [6.45, 7) is 0. The van der Waals surface area contributed by atoms with Gasteiger partial charge in [-0.15, -0.1) is 11.3 Å². The van der Waals surface area contributed by atoms with Crippen molar-refractivity contribution in [1.29, 1.82) is 5.41 Å². The number of thiophene rings is 1. The van der Waals surface area contributed by atoms with E-state index in [0.29, 0.717) is 5.56 Å². The van der Waals surface area contributed by atoms with Gasteiger partial charge in [-0.1, -0.05) is 0 Å². The third-order valence-electron chi connectivity index (χ3n) is 2.36. The van der Waals surface area contributed by atoms with E-state index in [1.807, 2.05) is 0 Å². The number of rotatable bonds is 3. The maximum Gasteiger partial charge on any atom is 0.405 e. The van der Waals surface area contributed by atoms with Gasteiger partial charge in [0.05, 0.1) is 0 Å².